The van der Waals surface area contributed by atoms with Gasteiger partial charge in [0.1, 0.15) is 17.7 Å². The zero-order valence-corrected chi connectivity index (χ0v) is 18.2. The summed E-state index contributed by atoms with van der Waals surface area (Å²) in [6.45, 7) is 2.41. The summed E-state index contributed by atoms with van der Waals surface area (Å²) in [6, 6.07) is 6.35. The van der Waals surface area contributed by atoms with E-state index in [1.807, 2.05) is 6.92 Å². The molecule has 4 heterocycles. The van der Waals surface area contributed by atoms with E-state index in [2.05, 4.69) is 20.3 Å². The molecule has 1 atom stereocenters. The first-order valence-corrected chi connectivity index (χ1v) is 10.3. The Morgan fingerprint density at radius 1 is 1.12 bits per heavy atom. The molecule has 3 aromatic heterocycles. The monoisotopic (exact) mass is 436 g/mol. The predicted octanol–water partition coefficient (Wildman–Crippen LogP) is 1.94. The van der Waals surface area contributed by atoms with Gasteiger partial charge in [-0.3, -0.25) is 14.2 Å². The zero-order valence-electron chi connectivity index (χ0n) is 18.2. The summed E-state index contributed by atoms with van der Waals surface area (Å²) in [4.78, 5) is 43.3. The van der Waals surface area contributed by atoms with Crippen molar-refractivity contribution in [2.75, 3.05) is 14.2 Å². The third-order valence-corrected chi connectivity index (χ3v) is 5.53. The van der Waals surface area contributed by atoms with Crippen molar-refractivity contribution in [3.63, 3.8) is 0 Å². The molecule has 1 aliphatic heterocycles. The van der Waals surface area contributed by atoms with Gasteiger partial charge in [0.25, 0.3) is 11.5 Å². The first-order chi connectivity index (χ1) is 15.4. The van der Waals surface area contributed by atoms with Crippen LogP contribution in [0.25, 0.3) is 11.4 Å². The van der Waals surface area contributed by atoms with Crippen molar-refractivity contribution in [2.24, 2.45) is 0 Å². The van der Waals surface area contributed by atoms with E-state index in [1.165, 1.54) is 26.6 Å². The van der Waals surface area contributed by atoms with Crippen molar-refractivity contribution in [2.45, 2.75) is 38.3 Å². The summed E-state index contributed by atoms with van der Waals surface area (Å²) in [5, 5.41) is 3.07. The molecule has 10 nitrogen and oxygen atoms in total. The van der Waals surface area contributed by atoms with Gasteiger partial charge in [0.15, 0.2) is 0 Å². The number of aromatic nitrogens is 5. The third kappa shape index (κ3) is 4.03. The number of rotatable bonds is 5. The van der Waals surface area contributed by atoms with Crippen LogP contribution in [0.2, 0.25) is 0 Å². The molecule has 10 heteroatoms. The van der Waals surface area contributed by atoms with Gasteiger partial charge in [-0.15, -0.1) is 0 Å². The average Bonchev–Trinajstić information content (AvgIpc) is 2.98. The third-order valence-electron chi connectivity index (χ3n) is 5.53. The van der Waals surface area contributed by atoms with Crippen LogP contribution in [-0.4, -0.2) is 44.6 Å². The minimum atomic E-state index is -0.888. The number of nitrogens with zero attached hydrogens (tertiary/aromatic N) is 5. The number of hydrogen-bond donors (Lipinski definition) is 1. The van der Waals surface area contributed by atoms with E-state index >= 15 is 0 Å². The van der Waals surface area contributed by atoms with Crippen LogP contribution in [0.5, 0.6) is 11.8 Å². The van der Waals surface area contributed by atoms with Gasteiger partial charge in [-0.1, -0.05) is 0 Å². The Balaban J connectivity index is 1.76. The number of amides is 1. The molecule has 0 saturated heterocycles. The largest absolute Gasteiger partial charge is 0.481 e. The van der Waals surface area contributed by atoms with Gasteiger partial charge < -0.3 is 14.8 Å². The van der Waals surface area contributed by atoms with Crippen molar-refractivity contribution < 1.29 is 14.3 Å². The number of carbonyl (C=O) groups excluding carboxylic acids is 1. The molecule has 1 aliphatic rings. The topological polar surface area (TPSA) is 121 Å². The second-order valence-corrected chi connectivity index (χ2v) is 7.70. The second kappa shape index (κ2) is 8.74. The minimum Gasteiger partial charge on any atom is -0.481 e. The van der Waals surface area contributed by atoms with Crippen molar-refractivity contribution in [1.82, 2.24) is 29.8 Å². The predicted molar refractivity (Wildman–Crippen MR) is 116 cm³/mol. The van der Waals surface area contributed by atoms with E-state index in [-0.39, 0.29) is 22.9 Å². The van der Waals surface area contributed by atoms with Gasteiger partial charge in [-0.2, -0.15) is 4.98 Å². The van der Waals surface area contributed by atoms with Crippen molar-refractivity contribution in [1.29, 1.82) is 0 Å². The highest BCUT2D eigenvalue weighted by Gasteiger charge is 2.36. The molecular weight excluding hydrogens is 412 g/mol. The Labute approximate surface area is 184 Å². The van der Waals surface area contributed by atoms with Gasteiger partial charge in [0.05, 0.1) is 31.1 Å². The highest BCUT2D eigenvalue weighted by atomic mass is 16.5. The Kier molecular flexibility index (Phi) is 5.85. The van der Waals surface area contributed by atoms with Gasteiger partial charge in [0.2, 0.25) is 11.8 Å². The SMILES string of the molecule is COc1ccc(C(=O)NC2(C)CCCCn3c2nc(-c2ccncn2)cc3=O)c(OC)n1. The average molecular weight is 436 g/mol. The van der Waals surface area contributed by atoms with Crippen LogP contribution >= 0.6 is 0 Å². The molecule has 1 amide bonds. The van der Waals surface area contributed by atoms with E-state index < -0.39 is 5.54 Å². The fourth-order valence-corrected chi connectivity index (χ4v) is 3.88. The van der Waals surface area contributed by atoms with Crippen molar-refractivity contribution >= 4 is 5.91 Å². The van der Waals surface area contributed by atoms with Crippen LogP contribution in [0, 0.1) is 0 Å². The van der Waals surface area contributed by atoms with Crippen LogP contribution in [0.15, 0.2) is 41.6 Å². The lowest BCUT2D eigenvalue weighted by molar-refractivity contribution is 0.0890. The Morgan fingerprint density at radius 2 is 1.97 bits per heavy atom. The molecule has 166 valence electrons. The van der Waals surface area contributed by atoms with Gasteiger partial charge >= 0.3 is 0 Å². The Hall–Kier alpha value is -3.82. The fraction of sp³-hybridized carbons (Fsp3) is 0.364. The molecule has 32 heavy (non-hydrogen) atoms. The molecule has 3 aromatic rings. The normalized spacial score (nSPS) is 17.7. The van der Waals surface area contributed by atoms with Gasteiger partial charge in [-0.25, -0.2) is 15.0 Å². The van der Waals surface area contributed by atoms with Crippen LogP contribution in [0.4, 0.5) is 0 Å². The zero-order chi connectivity index (χ0) is 22.7. The number of hydrogen-bond acceptors (Lipinski definition) is 8. The number of ether oxygens (including phenoxy) is 2. The summed E-state index contributed by atoms with van der Waals surface area (Å²) >= 11 is 0. The number of methoxy groups -OCH3 is 2. The van der Waals surface area contributed by atoms with E-state index in [9.17, 15) is 9.59 Å². The molecule has 0 radical (unpaired) electrons. The lowest BCUT2D eigenvalue weighted by Gasteiger charge is -2.31. The number of nitrogens with one attached hydrogen (secondary N) is 1. The quantitative estimate of drug-likeness (QED) is 0.644. The molecule has 0 spiro atoms. The van der Waals surface area contributed by atoms with E-state index in [0.29, 0.717) is 36.1 Å². The van der Waals surface area contributed by atoms with Crippen LogP contribution < -0.4 is 20.3 Å². The Morgan fingerprint density at radius 3 is 2.69 bits per heavy atom. The van der Waals surface area contributed by atoms with Gasteiger partial charge in [0, 0.05) is 24.9 Å². The summed E-state index contributed by atoms with van der Waals surface area (Å²) in [5.74, 6) is 0.603. The number of pyridine rings is 1. The fourth-order valence-electron chi connectivity index (χ4n) is 3.88. The standard InChI is InChI=1S/C22H24N6O4/c1-22(27-19(30)14-6-7-17(31-2)26-20(14)32-3)9-4-5-11-28-18(29)12-16(25-21(22)28)15-8-10-23-13-24-15/h6-8,10,12-13H,4-5,9,11H2,1-3H3,(H,27,30). The van der Waals surface area contributed by atoms with Gasteiger partial charge in [-0.05, 0) is 38.3 Å². The molecule has 4 rings (SSSR count). The minimum absolute atomic E-state index is 0.152. The van der Waals surface area contributed by atoms with E-state index in [0.717, 1.165) is 12.8 Å². The van der Waals surface area contributed by atoms with Crippen LogP contribution in [-0.2, 0) is 12.1 Å². The molecule has 0 bridgehead atoms. The highest BCUT2D eigenvalue weighted by Crippen LogP contribution is 2.31. The second-order valence-electron chi connectivity index (χ2n) is 7.70. The maximum absolute atomic E-state index is 13.3. The van der Waals surface area contributed by atoms with E-state index in [1.54, 1.807) is 29.0 Å². The van der Waals surface area contributed by atoms with E-state index in [4.69, 9.17) is 14.5 Å². The summed E-state index contributed by atoms with van der Waals surface area (Å²) in [6.07, 6.45) is 5.24. The maximum Gasteiger partial charge on any atom is 0.257 e. The van der Waals surface area contributed by atoms with Crippen molar-refractivity contribution in [3.8, 4) is 23.1 Å². The molecule has 0 fully saturated rings. The lowest BCUT2D eigenvalue weighted by Crippen LogP contribution is -2.47. The molecule has 1 unspecified atom stereocenters. The van der Waals surface area contributed by atoms with Crippen LogP contribution in [0.1, 0.15) is 42.4 Å². The smallest absolute Gasteiger partial charge is 0.257 e. The molecule has 0 saturated carbocycles. The van der Waals surface area contributed by atoms with Crippen LogP contribution in [0.3, 0.4) is 0 Å². The summed E-state index contributed by atoms with van der Waals surface area (Å²) < 4.78 is 12.0. The first-order valence-electron chi connectivity index (χ1n) is 10.3. The lowest BCUT2D eigenvalue weighted by atomic mass is 9.94. The summed E-state index contributed by atoms with van der Waals surface area (Å²) in [5.41, 5.74) is 0.171. The molecular formula is C22H24N6O4. The Bertz CT molecular complexity index is 1200. The number of fused-ring (bicyclic) bond motifs is 1. The molecule has 0 aliphatic carbocycles. The summed E-state index contributed by atoms with van der Waals surface area (Å²) in [7, 11) is 2.93. The highest BCUT2D eigenvalue weighted by molar-refractivity contribution is 5.97. The maximum atomic E-state index is 13.3. The molecule has 0 aromatic carbocycles. The molecule has 1 N–H and O–H groups in total. The van der Waals surface area contributed by atoms with Crippen molar-refractivity contribution in [3.05, 3.63) is 58.5 Å². The first kappa shape index (κ1) is 21.4. The number of carbonyl (C=O) groups is 1.